The van der Waals surface area contributed by atoms with E-state index in [0.717, 1.165) is 72.4 Å². The Labute approximate surface area is 706 Å². The van der Waals surface area contributed by atoms with Crippen molar-refractivity contribution in [2.75, 3.05) is 12.3 Å². The highest BCUT2D eigenvalue weighted by Crippen LogP contribution is 2.46. The summed E-state index contributed by atoms with van der Waals surface area (Å²) >= 11 is 55.8. The van der Waals surface area contributed by atoms with Crippen LogP contribution in [-0.4, -0.2) is 77.1 Å². The zero-order valence-corrected chi connectivity index (χ0v) is 68.7. The van der Waals surface area contributed by atoms with E-state index in [0.29, 0.717) is 44.3 Å². The van der Waals surface area contributed by atoms with Crippen LogP contribution in [0.1, 0.15) is 89.3 Å². The Morgan fingerprint density at radius 1 is 0.560 bits per heavy atom. The number of hydrogen-bond donors (Lipinski definition) is 5. The van der Waals surface area contributed by atoms with E-state index in [9.17, 15) is 43.8 Å². The topological polar surface area (TPSA) is 442 Å². The first-order chi connectivity index (χ1) is 55.1. The Hall–Kier alpha value is -11.3. The summed E-state index contributed by atoms with van der Waals surface area (Å²) in [7, 11) is 3.89. The van der Waals surface area contributed by atoms with Crippen molar-refractivity contribution in [3.05, 3.63) is 278 Å². The number of ether oxygens (including phenoxy) is 3. The number of nitrogens with two attached hydrogens (primary N) is 1. The number of anilines is 1. The molecule has 116 heavy (non-hydrogen) atoms. The quantitative estimate of drug-likeness (QED) is 0.0189. The standard InChI is InChI=1S/C18H12Cl2N4O4.C14H9Cl2N3O3.C14H11Cl2N3O.C8H7BrN2.C8H8N2O.C6H2Cl2FNO2.C3HClN2O3.C2H6O/c1-8-11-7-10(2-3-14(11)23-22-8)27-16-12(19)4-9(5-13(16)20)6-15(25)17-21-18(26)28-24-17;1-7-10-6-9(2-3-13(10)18-17-7)22-14-11(15)4-8(19(20)21)5-12(14)16;1-7-10-6-9(2-3-13(10)19-18-7)20-14-11(15)4-8(17)5-12(14)16;1-11-5-10-7-3-2-6(9)4-8(7)11;1-10-5-9-7-3-2-6(11)4-8(7)10;7-4-1-3(10(11)12)2-5(8)6(4)9;4-1(7)2-5-3(8)9-6-2;1-2-3/h2-5,7-8H,6H2,1H3,(H,21,24,26);2-7H,1H3;2-7H,17H2,1H3;2-5H,1H3;2-5,11H,1H3;1-2H;(H,5,6,8);3H,2H2,1H3. The second kappa shape index (κ2) is 40.3. The molecule has 3 unspecified atom stereocenters. The predicted octanol–water partition coefficient (Wildman–Crippen LogP) is 22.8. The molecule has 32 nitrogen and oxygen atoms in total. The number of halogens is 11. The monoisotopic (exact) mass is 1820 g/mol. The van der Waals surface area contributed by atoms with E-state index in [-0.39, 0.29) is 102 Å². The maximum absolute atomic E-state index is 12.7. The number of phenolic OH excluding ortho intramolecular Hbond substituents is 1. The number of azo groups is 3. The number of carbonyl (C=O) groups excluding carboxylic acids is 2. The third-order valence-corrected chi connectivity index (χ3v) is 18.5. The number of benzene rings is 9. The summed E-state index contributed by atoms with van der Waals surface area (Å²) in [5.41, 5.74) is 15.6. The molecular weight excluding hydrogens is 1770 g/mol. The molecule has 4 aromatic heterocycles. The van der Waals surface area contributed by atoms with Crippen molar-refractivity contribution in [2.24, 2.45) is 44.8 Å². The summed E-state index contributed by atoms with van der Waals surface area (Å²) in [6, 6.07) is 37.9. The highest BCUT2D eigenvalue weighted by atomic mass is 79.9. The molecule has 7 heterocycles. The molecule has 13 aromatic rings. The zero-order chi connectivity index (χ0) is 84.5. The van der Waals surface area contributed by atoms with Gasteiger partial charge in [0.25, 0.3) is 16.6 Å². The number of carbonyl (C=O) groups is 2. The molecule has 0 bridgehead atoms. The second-order valence-electron chi connectivity index (χ2n) is 23.9. The van der Waals surface area contributed by atoms with Crippen LogP contribution in [0.3, 0.4) is 0 Å². The lowest BCUT2D eigenvalue weighted by Crippen LogP contribution is -2.08. The number of aliphatic hydroxyl groups excluding tert-OH is 1. The zero-order valence-electron chi connectivity index (χ0n) is 60.3. The number of aromatic amines is 2. The molecule has 0 fully saturated rings. The van der Waals surface area contributed by atoms with Gasteiger partial charge in [0.2, 0.25) is 17.4 Å². The molecule has 6 N–H and O–H groups in total. The number of imidazole rings is 2. The van der Waals surface area contributed by atoms with Crippen LogP contribution in [0.5, 0.6) is 40.2 Å². The molecule has 3 aliphatic rings. The number of aryl methyl sites for hydroxylation is 2. The molecule has 0 radical (unpaired) electrons. The first-order valence-electron chi connectivity index (χ1n) is 33.0. The Morgan fingerprint density at radius 3 is 1.29 bits per heavy atom. The van der Waals surface area contributed by atoms with Gasteiger partial charge in [0, 0.05) is 84.3 Å². The SMILES string of the molecule is CC1N=Nc2ccc(Oc3c(Cl)cc(CC(=O)c4noc(=O)[nH]4)cc3Cl)cc21.CC1N=Nc2ccc(Oc3c(Cl)cc(N)cc3Cl)cc21.CC1N=Nc2ccc(Oc3c(Cl)cc([N+](=O)[O-])cc3Cl)cc21.CCO.Cn1cnc2ccc(Br)cc21.Cn1cnc2ccc(O)cc21.O=C(Cl)c1noc(=O)[nH]1.O=[N+]([O-])c1cc(Cl)c(F)c(Cl)c1. The van der Waals surface area contributed by atoms with Crippen LogP contribution in [0.2, 0.25) is 40.2 Å². The van der Waals surface area contributed by atoms with E-state index in [4.69, 9.17) is 135 Å². The maximum atomic E-state index is 12.7. The Bertz CT molecular complexity index is 5910. The molecule has 3 aliphatic heterocycles. The summed E-state index contributed by atoms with van der Waals surface area (Å²) in [4.78, 5) is 75.5. The van der Waals surface area contributed by atoms with Gasteiger partial charge in [-0.25, -0.2) is 23.9 Å². The molecule has 0 amide bonds. The smallest absolute Gasteiger partial charge is 0.439 e. The first kappa shape index (κ1) is 88.7. The van der Waals surface area contributed by atoms with Gasteiger partial charge in [0.15, 0.2) is 23.1 Å². The summed E-state index contributed by atoms with van der Waals surface area (Å²) in [6.07, 6.45) is 3.47. The van der Waals surface area contributed by atoms with Gasteiger partial charge in [0.05, 0.1) is 120 Å². The molecular formula is C73H56BrCl9FN17O15. The third kappa shape index (κ3) is 23.5. The number of aromatic hydroxyl groups is 1. The minimum atomic E-state index is -0.846. The van der Waals surface area contributed by atoms with Crippen LogP contribution < -0.4 is 31.5 Å². The van der Waals surface area contributed by atoms with Crippen LogP contribution in [0.15, 0.2) is 206 Å². The van der Waals surface area contributed by atoms with Gasteiger partial charge in [-0.15, -0.1) is 0 Å². The number of nitrogen functional groups attached to an aromatic ring is 1. The number of Topliss-reactive ketones (excluding diaryl/α,β-unsaturated/α-hetero) is 1. The fourth-order valence-electron chi connectivity index (χ4n) is 10.1. The number of hydrogen-bond acceptors (Lipinski definition) is 26. The van der Waals surface area contributed by atoms with Gasteiger partial charge in [-0.1, -0.05) is 119 Å². The van der Waals surface area contributed by atoms with E-state index in [1.165, 1.54) is 12.1 Å². The minimum Gasteiger partial charge on any atom is -0.508 e. The highest BCUT2D eigenvalue weighted by Gasteiger charge is 2.24. The van der Waals surface area contributed by atoms with E-state index in [2.05, 4.69) is 87.0 Å². The molecule has 0 aliphatic carbocycles. The molecule has 9 aromatic carbocycles. The lowest BCUT2D eigenvalue weighted by Gasteiger charge is -2.12. The number of aromatic nitrogens is 8. The molecule has 0 spiro atoms. The van der Waals surface area contributed by atoms with E-state index < -0.39 is 38.2 Å². The average Bonchev–Trinajstić information content (AvgIpc) is 1.41. The molecule has 0 saturated heterocycles. The molecule has 600 valence electrons. The van der Waals surface area contributed by atoms with E-state index >= 15 is 0 Å². The summed E-state index contributed by atoms with van der Waals surface area (Å²) in [5, 5.41) is 68.3. The van der Waals surface area contributed by atoms with E-state index in [1.54, 1.807) is 86.0 Å². The normalized spacial score (nSPS) is 13.3. The average molecular weight is 1830 g/mol. The number of ketones is 1. The lowest BCUT2D eigenvalue weighted by atomic mass is 10.1. The largest absolute Gasteiger partial charge is 0.508 e. The number of nitrogens with zero attached hydrogens (tertiary/aromatic N) is 14. The Kier molecular flexibility index (Phi) is 30.8. The third-order valence-electron chi connectivity index (χ3n) is 15.6. The van der Waals surface area contributed by atoms with Crippen LogP contribution >= 0.6 is 120 Å². The maximum Gasteiger partial charge on any atom is 0.439 e. The van der Waals surface area contributed by atoms with Crippen molar-refractivity contribution in [3.8, 4) is 40.2 Å². The second-order valence-corrected chi connectivity index (χ2v) is 28.4. The summed E-state index contributed by atoms with van der Waals surface area (Å²) < 4.78 is 43.2. The number of nitrogens with one attached hydrogen (secondary N) is 2. The van der Waals surface area contributed by atoms with Gasteiger partial charge in [0.1, 0.15) is 23.0 Å². The van der Waals surface area contributed by atoms with Crippen molar-refractivity contribution in [1.29, 1.82) is 0 Å². The predicted molar refractivity (Wildman–Crippen MR) is 438 cm³/mol. The van der Waals surface area contributed by atoms with Crippen molar-refractivity contribution in [2.45, 2.75) is 52.2 Å². The lowest BCUT2D eigenvalue weighted by molar-refractivity contribution is -0.385. The number of nitro benzene ring substituents is 2. The van der Waals surface area contributed by atoms with Crippen molar-refractivity contribution in [1.82, 2.24) is 39.4 Å². The van der Waals surface area contributed by atoms with Crippen LogP contribution in [0.25, 0.3) is 22.1 Å². The number of non-ortho nitro benzene ring substituents is 2. The van der Waals surface area contributed by atoms with Gasteiger partial charge in [-0.2, -0.15) is 30.7 Å². The number of H-pyrrole nitrogens is 2. The van der Waals surface area contributed by atoms with Crippen LogP contribution in [0.4, 0.5) is 38.5 Å². The minimum absolute atomic E-state index is 0.0333. The van der Waals surface area contributed by atoms with Crippen LogP contribution in [-0.2, 0) is 20.5 Å². The Balaban J connectivity index is 0.000000159. The molecule has 16 rings (SSSR count). The van der Waals surface area contributed by atoms with Crippen molar-refractivity contribution in [3.63, 3.8) is 0 Å². The van der Waals surface area contributed by atoms with Gasteiger partial charge in [-0.3, -0.25) is 48.8 Å². The van der Waals surface area contributed by atoms with Crippen molar-refractivity contribution >= 4 is 188 Å². The first-order valence-corrected chi connectivity index (χ1v) is 37.2. The summed E-state index contributed by atoms with van der Waals surface area (Å²) in [6.45, 7) is 7.76. The van der Waals surface area contributed by atoms with E-state index in [1.807, 2.05) is 91.7 Å². The van der Waals surface area contributed by atoms with Gasteiger partial charge < -0.3 is 39.3 Å². The number of phenols is 1. The summed E-state index contributed by atoms with van der Waals surface area (Å²) in [5.74, 6) is -0.507. The van der Waals surface area contributed by atoms with Gasteiger partial charge in [-0.05, 0) is 154 Å². The molecule has 43 heteroatoms. The number of fused-ring (bicyclic) bond motifs is 5. The Morgan fingerprint density at radius 2 is 0.922 bits per heavy atom. The number of aliphatic hydroxyl groups is 1. The fraction of sp³-hybridized carbons (Fsp3) is 0.151. The number of nitro groups is 2. The number of rotatable bonds is 12. The molecule has 3 atom stereocenters. The fourth-order valence-corrected chi connectivity index (χ4v) is 12.7. The van der Waals surface area contributed by atoms with Crippen molar-refractivity contribution < 1.29 is 57.3 Å². The molecule has 0 saturated carbocycles. The highest BCUT2D eigenvalue weighted by molar-refractivity contribution is 9.10. The van der Waals surface area contributed by atoms with Crippen LogP contribution in [0, 0.1) is 26.0 Å². The van der Waals surface area contributed by atoms with Gasteiger partial charge >= 0.3 is 11.5 Å².